The molecule has 1 aliphatic carbocycles. The van der Waals surface area contributed by atoms with Crippen LogP contribution >= 0.6 is 15.9 Å². The van der Waals surface area contributed by atoms with Crippen molar-refractivity contribution in [3.05, 3.63) is 0 Å². The molecule has 76 valence electrons. The lowest BCUT2D eigenvalue weighted by Crippen LogP contribution is -2.44. The molecule has 0 aromatic rings. The van der Waals surface area contributed by atoms with Crippen LogP contribution in [-0.2, 0) is 4.79 Å². The van der Waals surface area contributed by atoms with Crippen molar-refractivity contribution >= 4 is 21.8 Å². The van der Waals surface area contributed by atoms with Crippen LogP contribution in [0.25, 0.3) is 0 Å². The molecule has 0 atom stereocenters. The van der Waals surface area contributed by atoms with Gasteiger partial charge in [0.1, 0.15) is 4.32 Å². The van der Waals surface area contributed by atoms with E-state index in [1.165, 1.54) is 12.8 Å². The van der Waals surface area contributed by atoms with E-state index in [-0.39, 0.29) is 10.2 Å². The van der Waals surface area contributed by atoms with Crippen LogP contribution in [-0.4, -0.2) is 28.2 Å². The van der Waals surface area contributed by atoms with Crippen LogP contribution in [0.5, 0.6) is 0 Å². The molecule has 1 fully saturated rings. The SMILES string of the molecule is CC(C)N(C)C(=O)C1(Br)CCCC1. The van der Waals surface area contributed by atoms with Crippen molar-refractivity contribution in [3.8, 4) is 0 Å². The van der Waals surface area contributed by atoms with Gasteiger partial charge < -0.3 is 4.90 Å². The topological polar surface area (TPSA) is 20.3 Å². The third-order valence-corrected chi connectivity index (χ3v) is 4.01. The summed E-state index contributed by atoms with van der Waals surface area (Å²) in [5.74, 6) is 0.250. The van der Waals surface area contributed by atoms with Crippen molar-refractivity contribution in [2.75, 3.05) is 7.05 Å². The van der Waals surface area contributed by atoms with Gasteiger partial charge in [-0.1, -0.05) is 28.8 Å². The monoisotopic (exact) mass is 247 g/mol. The van der Waals surface area contributed by atoms with Gasteiger partial charge in [-0.15, -0.1) is 0 Å². The van der Waals surface area contributed by atoms with E-state index in [9.17, 15) is 4.79 Å². The molecule has 0 N–H and O–H groups in total. The fourth-order valence-electron chi connectivity index (χ4n) is 1.70. The maximum absolute atomic E-state index is 12.0. The number of hydrogen-bond acceptors (Lipinski definition) is 1. The standard InChI is InChI=1S/C10H18BrNO/c1-8(2)12(3)9(13)10(11)6-4-5-7-10/h8H,4-7H2,1-3H3. The Bertz CT molecular complexity index is 197. The Morgan fingerprint density at radius 3 is 2.23 bits per heavy atom. The molecule has 0 radical (unpaired) electrons. The quantitative estimate of drug-likeness (QED) is 0.688. The summed E-state index contributed by atoms with van der Waals surface area (Å²) in [6, 6.07) is 0.294. The summed E-state index contributed by atoms with van der Waals surface area (Å²) in [4.78, 5) is 13.8. The first-order valence-electron chi connectivity index (χ1n) is 4.93. The first-order valence-corrected chi connectivity index (χ1v) is 5.73. The maximum atomic E-state index is 12.0. The number of halogens is 1. The van der Waals surface area contributed by atoms with Gasteiger partial charge >= 0.3 is 0 Å². The van der Waals surface area contributed by atoms with Gasteiger partial charge in [-0.05, 0) is 26.7 Å². The summed E-state index contributed by atoms with van der Waals surface area (Å²) >= 11 is 3.59. The minimum absolute atomic E-state index is 0.244. The zero-order valence-corrected chi connectivity index (χ0v) is 10.2. The van der Waals surface area contributed by atoms with E-state index < -0.39 is 0 Å². The molecule has 0 aromatic heterocycles. The van der Waals surface area contributed by atoms with Crippen molar-refractivity contribution < 1.29 is 4.79 Å². The van der Waals surface area contributed by atoms with Gasteiger partial charge in [0.2, 0.25) is 5.91 Å². The number of carbonyl (C=O) groups excluding carboxylic acids is 1. The maximum Gasteiger partial charge on any atom is 0.239 e. The Morgan fingerprint density at radius 1 is 1.38 bits per heavy atom. The Kier molecular flexibility index (Phi) is 3.38. The molecule has 1 amide bonds. The molecule has 1 rings (SSSR count). The van der Waals surface area contributed by atoms with E-state index in [0.29, 0.717) is 6.04 Å². The molecule has 0 aromatic carbocycles. The van der Waals surface area contributed by atoms with Gasteiger partial charge in [-0.2, -0.15) is 0 Å². The molecule has 1 saturated carbocycles. The van der Waals surface area contributed by atoms with Crippen LogP contribution in [0.1, 0.15) is 39.5 Å². The average molecular weight is 248 g/mol. The van der Waals surface area contributed by atoms with Crippen LogP contribution in [0, 0.1) is 0 Å². The van der Waals surface area contributed by atoms with Gasteiger partial charge in [0.05, 0.1) is 0 Å². The highest BCUT2D eigenvalue weighted by Crippen LogP contribution is 2.39. The number of rotatable bonds is 2. The lowest BCUT2D eigenvalue weighted by atomic mass is 10.1. The van der Waals surface area contributed by atoms with E-state index in [1.54, 1.807) is 0 Å². The van der Waals surface area contributed by atoms with Gasteiger partial charge in [0, 0.05) is 13.1 Å². The van der Waals surface area contributed by atoms with E-state index in [4.69, 9.17) is 0 Å². The number of amides is 1. The first-order chi connectivity index (χ1) is 5.97. The second-order valence-corrected chi connectivity index (χ2v) is 5.70. The first kappa shape index (κ1) is 11.0. The van der Waals surface area contributed by atoms with Crippen LogP contribution in [0.2, 0.25) is 0 Å². The van der Waals surface area contributed by atoms with Crippen LogP contribution in [0.3, 0.4) is 0 Å². The molecule has 0 saturated heterocycles. The molecule has 0 bridgehead atoms. The van der Waals surface area contributed by atoms with Crippen molar-refractivity contribution in [1.82, 2.24) is 4.90 Å². The second-order valence-electron chi connectivity index (χ2n) is 4.18. The summed E-state index contributed by atoms with van der Waals surface area (Å²) in [6.07, 6.45) is 4.32. The number of alkyl halides is 1. The minimum atomic E-state index is -0.244. The molecule has 0 aliphatic heterocycles. The van der Waals surface area contributed by atoms with Crippen molar-refractivity contribution in [2.45, 2.75) is 49.9 Å². The van der Waals surface area contributed by atoms with Gasteiger partial charge in [0.15, 0.2) is 0 Å². The Morgan fingerprint density at radius 2 is 1.85 bits per heavy atom. The Hall–Kier alpha value is -0.0500. The highest BCUT2D eigenvalue weighted by Gasteiger charge is 2.40. The molecular formula is C10H18BrNO. The molecule has 3 heteroatoms. The predicted octanol–water partition coefficient (Wildman–Crippen LogP) is 2.56. The third-order valence-electron chi connectivity index (χ3n) is 2.87. The predicted molar refractivity (Wildman–Crippen MR) is 58.0 cm³/mol. The van der Waals surface area contributed by atoms with Gasteiger partial charge in [-0.25, -0.2) is 0 Å². The molecule has 0 spiro atoms. The van der Waals surface area contributed by atoms with Crippen LogP contribution in [0.15, 0.2) is 0 Å². The Balaban J connectivity index is 2.65. The zero-order valence-electron chi connectivity index (χ0n) is 8.64. The van der Waals surface area contributed by atoms with Gasteiger partial charge in [0.25, 0.3) is 0 Å². The average Bonchev–Trinajstić information content (AvgIpc) is 2.50. The van der Waals surface area contributed by atoms with Crippen LogP contribution in [0.4, 0.5) is 0 Å². The lowest BCUT2D eigenvalue weighted by molar-refractivity contribution is -0.133. The van der Waals surface area contributed by atoms with E-state index in [1.807, 2.05) is 25.8 Å². The smallest absolute Gasteiger partial charge is 0.239 e. The Labute approximate surface area is 88.8 Å². The van der Waals surface area contributed by atoms with E-state index in [0.717, 1.165) is 12.8 Å². The highest BCUT2D eigenvalue weighted by atomic mass is 79.9. The lowest BCUT2D eigenvalue weighted by Gasteiger charge is -2.30. The van der Waals surface area contributed by atoms with Crippen molar-refractivity contribution in [3.63, 3.8) is 0 Å². The van der Waals surface area contributed by atoms with Gasteiger partial charge in [-0.3, -0.25) is 4.79 Å². The number of hydrogen-bond donors (Lipinski definition) is 0. The van der Waals surface area contributed by atoms with E-state index >= 15 is 0 Å². The normalized spacial score (nSPS) is 20.7. The van der Waals surface area contributed by atoms with Crippen molar-refractivity contribution in [2.24, 2.45) is 0 Å². The molecule has 1 aliphatic rings. The largest absolute Gasteiger partial charge is 0.342 e. The fraction of sp³-hybridized carbons (Fsp3) is 0.900. The molecule has 13 heavy (non-hydrogen) atoms. The summed E-state index contributed by atoms with van der Waals surface area (Å²) in [5, 5.41) is 0. The highest BCUT2D eigenvalue weighted by molar-refractivity contribution is 9.10. The summed E-state index contributed by atoms with van der Waals surface area (Å²) in [7, 11) is 1.88. The molecule has 0 heterocycles. The molecular weight excluding hydrogens is 230 g/mol. The molecule has 0 unspecified atom stereocenters. The number of carbonyl (C=O) groups is 1. The summed E-state index contributed by atoms with van der Waals surface area (Å²) in [6.45, 7) is 4.09. The zero-order chi connectivity index (χ0) is 10.1. The fourth-order valence-corrected chi connectivity index (χ4v) is 2.54. The third kappa shape index (κ3) is 2.25. The summed E-state index contributed by atoms with van der Waals surface area (Å²) in [5.41, 5.74) is 0. The van der Waals surface area contributed by atoms with Crippen LogP contribution < -0.4 is 0 Å². The number of nitrogens with zero attached hydrogens (tertiary/aromatic N) is 1. The minimum Gasteiger partial charge on any atom is -0.342 e. The second kappa shape index (κ2) is 3.99. The molecule has 2 nitrogen and oxygen atoms in total. The van der Waals surface area contributed by atoms with Crippen molar-refractivity contribution in [1.29, 1.82) is 0 Å². The summed E-state index contributed by atoms with van der Waals surface area (Å²) < 4.78 is -0.244. The van der Waals surface area contributed by atoms with E-state index in [2.05, 4.69) is 15.9 Å².